The largest absolute Gasteiger partial charge is 0.386 e. The number of aliphatic hydroxyl groups excluding tert-OH is 3. The monoisotopic (exact) mass is 918 g/mol. The first kappa shape index (κ1) is 41.9. The van der Waals surface area contributed by atoms with Crippen LogP contribution in [0.4, 0.5) is 0 Å². The van der Waals surface area contributed by atoms with Crippen molar-refractivity contribution < 1.29 is 15.3 Å². The first-order chi connectivity index (χ1) is 33.7. The Morgan fingerprint density at radius 1 is 0.420 bits per heavy atom. The third-order valence-electron chi connectivity index (χ3n) is 15.7. The van der Waals surface area contributed by atoms with Crippen molar-refractivity contribution in [2.75, 3.05) is 0 Å². The minimum absolute atomic E-state index is 0.134. The van der Waals surface area contributed by atoms with Gasteiger partial charge in [0.25, 0.3) is 0 Å². The van der Waals surface area contributed by atoms with Crippen LogP contribution in [-0.2, 0) is 19.6 Å². The van der Waals surface area contributed by atoms with E-state index in [2.05, 4.69) is 117 Å². The molecule has 6 aliphatic heterocycles. The van der Waals surface area contributed by atoms with E-state index in [1.165, 1.54) is 33.4 Å². The Hall–Kier alpha value is -7.20. The molecule has 3 unspecified atom stereocenters. The van der Waals surface area contributed by atoms with Crippen LogP contribution in [0.25, 0.3) is 33.8 Å². The standard InChI is InChI=1S/3C18H18N4O/c3*1-11-8-15-18(23)14(6-7-22(15)20-11)17-13-5-3-2-4-12(13)16-9-19-10-21(16)17/h3*2-5,8-10,14,17-18,23H,6-7H2,1H3/t2*14-,17+,18-;/m10./s1. The predicted molar refractivity (Wildman–Crippen MR) is 257 cm³/mol. The van der Waals surface area contributed by atoms with Crippen molar-refractivity contribution in [3.8, 4) is 33.8 Å². The van der Waals surface area contributed by atoms with E-state index >= 15 is 0 Å². The SMILES string of the molecule is Cc1cc2n(n1)CCC(C1c3ccccc3-c3cncn31)C2O.Cc1cc2n(n1)CC[C@@H]([C@H]1c3ccccc3-c3cncn31)[C@@H]2O.Cc1cc2n(n1)CC[C@H]([C@@H]1c3ccccc3-c3cncn31)[C@H]2O. The van der Waals surface area contributed by atoms with Crippen LogP contribution in [0.2, 0.25) is 0 Å². The van der Waals surface area contributed by atoms with Crippen molar-refractivity contribution >= 4 is 0 Å². The maximum absolute atomic E-state index is 11.0. The Morgan fingerprint density at radius 3 is 1.01 bits per heavy atom. The highest BCUT2D eigenvalue weighted by molar-refractivity contribution is 5.71. The summed E-state index contributed by atoms with van der Waals surface area (Å²) in [5.74, 6) is 0.403. The number of rotatable bonds is 3. The average Bonchev–Trinajstić information content (AvgIpc) is 4.21. The highest BCUT2D eigenvalue weighted by atomic mass is 16.3. The van der Waals surface area contributed by atoms with Gasteiger partial charge in [-0.3, -0.25) is 14.0 Å². The molecule has 9 aromatic rings. The van der Waals surface area contributed by atoms with Gasteiger partial charge in [-0.25, -0.2) is 15.0 Å². The summed E-state index contributed by atoms with van der Waals surface area (Å²) in [6.45, 7) is 8.50. The van der Waals surface area contributed by atoms with Gasteiger partial charge in [-0.2, -0.15) is 15.3 Å². The van der Waals surface area contributed by atoms with Crippen molar-refractivity contribution in [2.24, 2.45) is 17.8 Å². The van der Waals surface area contributed by atoms with Crippen LogP contribution >= 0.6 is 0 Å². The van der Waals surface area contributed by atoms with Gasteiger partial charge in [0.1, 0.15) is 18.3 Å². The predicted octanol–water partition coefficient (Wildman–Crippen LogP) is 8.13. The Balaban J connectivity index is 0.000000102. The van der Waals surface area contributed by atoms with E-state index in [1.54, 1.807) is 0 Å². The van der Waals surface area contributed by atoms with E-state index in [0.717, 1.165) is 90.1 Å². The summed E-state index contributed by atoms with van der Waals surface area (Å²) in [6, 6.07) is 31.8. The van der Waals surface area contributed by atoms with Crippen LogP contribution in [0.15, 0.2) is 129 Å². The molecule has 6 aliphatic rings. The van der Waals surface area contributed by atoms with Crippen LogP contribution in [0.3, 0.4) is 0 Å². The molecule has 0 aliphatic carbocycles. The van der Waals surface area contributed by atoms with Crippen molar-refractivity contribution in [3.63, 3.8) is 0 Å². The van der Waals surface area contributed by atoms with E-state index in [-0.39, 0.29) is 35.9 Å². The molecule has 12 heterocycles. The number of aromatic nitrogens is 12. The molecule has 0 amide bonds. The lowest BCUT2D eigenvalue weighted by Crippen LogP contribution is -2.31. The molecule has 348 valence electrons. The Bertz CT molecular complexity index is 3030. The molecule has 3 N–H and O–H groups in total. The number of hydrogen-bond donors (Lipinski definition) is 3. The zero-order valence-corrected chi connectivity index (χ0v) is 38.8. The van der Waals surface area contributed by atoms with Gasteiger partial charge in [-0.05, 0) is 74.9 Å². The van der Waals surface area contributed by atoms with E-state index in [1.807, 2.05) is 90.6 Å². The summed E-state index contributed by atoms with van der Waals surface area (Å²) in [7, 11) is 0. The summed E-state index contributed by atoms with van der Waals surface area (Å²) < 4.78 is 12.5. The molecule has 9 atom stereocenters. The summed E-state index contributed by atoms with van der Waals surface area (Å²) in [4.78, 5) is 13.0. The molecule has 0 bridgehead atoms. The summed E-state index contributed by atoms with van der Waals surface area (Å²) in [5, 5.41) is 46.4. The molecule has 0 saturated carbocycles. The zero-order valence-electron chi connectivity index (χ0n) is 38.8. The van der Waals surface area contributed by atoms with Crippen LogP contribution < -0.4 is 0 Å². The van der Waals surface area contributed by atoms with Gasteiger partial charge in [0, 0.05) is 54.1 Å². The third kappa shape index (κ3) is 6.58. The van der Waals surface area contributed by atoms with Crippen LogP contribution in [0, 0.1) is 38.5 Å². The molecule has 69 heavy (non-hydrogen) atoms. The molecule has 0 fully saturated rings. The first-order valence-electron chi connectivity index (χ1n) is 24.2. The lowest BCUT2D eigenvalue weighted by atomic mass is 9.83. The average molecular weight is 919 g/mol. The fraction of sp³-hybridized carbons (Fsp3) is 0.333. The lowest BCUT2D eigenvalue weighted by molar-refractivity contribution is 0.0523. The number of nitrogens with zero attached hydrogens (tertiary/aromatic N) is 12. The molecular weight excluding hydrogens is 865 g/mol. The second kappa shape index (κ2) is 16.2. The molecule has 0 radical (unpaired) electrons. The number of fused-ring (bicyclic) bond motifs is 12. The molecule has 0 spiro atoms. The molecule has 15 rings (SSSR count). The number of aliphatic hydroxyl groups is 3. The highest BCUT2D eigenvalue weighted by Crippen LogP contribution is 2.52. The molecule has 15 heteroatoms. The first-order valence-corrected chi connectivity index (χ1v) is 24.2. The van der Waals surface area contributed by atoms with Gasteiger partial charge >= 0.3 is 0 Å². The molecule has 6 aromatic heterocycles. The van der Waals surface area contributed by atoms with Crippen LogP contribution in [0.1, 0.15) is 107 Å². The minimum Gasteiger partial charge on any atom is -0.386 e. The molecule has 3 aromatic carbocycles. The Kier molecular flexibility index (Phi) is 9.86. The number of hydrogen-bond acceptors (Lipinski definition) is 9. The minimum atomic E-state index is -0.503. The quantitative estimate of drug-likeness (QED) is 0.159. The number of aryl methyl sites for hydroxylation is 6. The van der Waals surface area contributed by atoms with Crippen LogP contribution in [0.5, 0.6) is 0 Å². The Morgan fingerprint density at radius 2 is 0.710 bits per heavy atom. The second-order valence-corrected chi connectivity index (χ2v) is 19.6. The summed E-state index contributed by atoms with van der Waals surface area (Å²) in [5.41, 5.74) is 16.7. The van der Waals surface area contributed by atoms with Gasteiger partial charge in [0.2, 0.25) is 0 Å². The van der Waals surface area contributed by atoms with Crippen LogP contribution in [-0.4, -0.2) is 73.3 Å². The number of imidazole rings is 3. The molecule has 15 nitrogen and oxygen atoms in total. The topological polar surface area (TPSA) is 168 Å². The van der Waals surface area contributed by atoms with Gasteiger partial charge in [-0.15, -0.1) is 0 Å². The molecule has 0 saturated heterocycles. The van der Waals surface area contributed by atoms with Crippen molar-refractivity contribution in [1.82, 2.24) is 58.0 Å². The molecular formula is C54H54N12O3. The van der Waals surface area contributed by atoms with Crippen molar-refractivity contribution in [2.45, 2.75) is 96.1 Å². The van der Waals surface area contributed by atoms with E-state index in [0.29, 0.717) is 0 Å². The van der Waals surface area contributed by atoms with Crippen molar-refractivity contribution in [1.29, 1.82) is 0 Å². The summed E-state index contributed by atoms with van der Waals surface area (Å²) in [6.07, 6.45) is 12.7. The van der Waals surface area contributed by atoms with Gasteiger partial charge < -0.3 is 29.0 Å². The smallest absolute Gasteiger partial charge is 0.101 e. The highest BCUT2D eigenvalue weighted by Gasteiger charge is 2.44. The normalized spacial score (nSPS) is 25.0. The number of benzene rings is 3. The lowest BCUT2D eigenvalue weighted by Gasteiger charge is -2.34. The Labute approximate surface area is 399 Å². The fourth-order valence-corrected chi connectivity index (χ4v) is 12.8. The van der Waals surface area contributed by atoms with Gasteiger partial charge in [0.05, 0.1) is 107 Å². The third-order valence-corrected chi connectivity index (χ3v) is 15.7. The fourth-order valence-electron chi connectivity index (χ4n) is 12.8. The van der Waals surface area contributed by atoms with E-state index in [9.17, 15) is 15.3 Å². The second-order valence-electron chi connectivity index (χ2n) is 19.6. The van der Waals surface area contributed by atoms with Gasteiger partial charge in [0.15, 0.2) is 0 Å². The van der Waals surface area contributed by atoms with E-state index in [4.69, 9.17) is 0 Å². The zero-order chi connectivity index (χ0) is 46.7. The van der Waals surface area contributed by atoms with Gasteiger partial charge in [-0.1, -0.05) is 72.8 Å². The maximum atomic E-state index is 11.0. The van der Waals surface area contributed by atoms with Crippen molar-refractivity contribution in [3.05, 3.63) is 179 Å². The maximum Gasteiger partial charge on any atom is 0.101 e. The summed E-state index contributed by atoms with van der Waals surface area (Å²) >= 11 is 0. The van der Waals surface area contributed by atoms with E-state index < -0.39 is 18.3 Å².